The molecule has 0 fully saturated rings. The van der Waals surface area contributed by atoms with Crippen LogP contribution in [0.3, 0.4) is 0 Å². The molecule has 2 rings (SSSR count). The largest absolute Gasteiger partial charge is 0.493 e. The lowest BCUT2D eigenvalue weighted by Gasteiger charge is -2.09. The molecule has 0 atom stereocenters. The van der Waals surface area contributed by atoms with Crippen molar-refractivity contribution in [3.05, 3.63) is 29.3 Å². The van der Waals surface area contributed by atoms with E-state index in [4.69, 9.17) is 14.6 Å². The zero-order valence-corrected chi connectivity index (χ0v) is 11.6. The fourth-order valence-electron chi connectivity index (χ4n) is 1.65. The minimum atomic E-state index is -5.08. The van der Waals surface area contributed by atoms with Crippen molar-refractivity contribution in [2.75, 3.05) is 6.61 Å². The van der Waals surface area contributed by atoms with Gasteiger partial charge in [0.2, 0.25) is 0 Å². The molecular weight excluding hydrogens is 332 g/mol. The topological polar surface area (TPSA) is 58.6 Å². The van der Waals surface area contributed by atoms with Gasteiger partial charge in [0, 0.05) is 13.1 Å². The molecule has 4 nitrogen and oxygen atoms in total. The number of nitrogens with one attached hydrogen (secondary N) is 1. The van der Waals surface area contributed by atoms with Crippen LogP contribution >= 0.6 is 0 Å². The van der Waals surface area contributed by atoms with Gasteiger partial charge in [-0.2, -0.15) is 26.3 Å². The summed E-state index contributed by atoms with van der Waals surface area (Å²) in [5, 5.41) is 10.3. The van der Waals surface area contributed by atoms with Crippen LogP contribution in [0.25, 0.3) is 0 Å². The van der Waals surface area contributed by atoms with Crippen LogP contribution < -0.4 is 10.1 Å². The van der Waals surface area contributed by atoms with Crippen LogP contribution in [0.4, 0.5) is 26.3 Å². The molecule has 1 aliphatic heterocycles. The van der Waals surface area contributed by atoms with Crippen molar-refractivity contribution in [1.29, 1.82) is 0 Å². The van der Waals surface area contributed by atoms with Gasteiger partial charge in [0.15, 0.2) is 0 Å². The smallest absolute Gasteiger partial charge is 0.490 e. The van der Waals surface area contributed by atoms with Crippen LogP contribution in [0.2, 0.25) is 0 Å². The molecule has 0 aromatic heterocycles. The molecule has 10 heteroatoms. The molecule has 23 heavy (non-hydrogen) atoms. The van der Waals surface area contributed by atoms with Crippen molar-refractivity contribution >= 4 is 5.97 Å². The molecule has 2 N–H and O–H groups in total. The highest BCUT2D eigenvalue weighted by Gasteiger charge is 2.38. The SMILES string of the molecule is FC(F)(F)CCOc1ccc2c(c1)CNC2.O=C(O)C(F)(F)F. The predicted molar refractivity (Wildman–Crippen MR) is 66.8 cm³/mol. The Balaban J connectivity index is 0.000000322. The van der Waals surface area contributed by atoms with Crippen LogP contribution in [0.1, 0.15) is 17.5 Å². The van der Waals surface area contributed by atoms with Crippen LogP contribution in [-0.4, -0.2) is 30.0 Å². The second-order valence-corrected chi connectivity index (χ2v) is 4.55. The van der Waals surface area contributed by atoms with Crippen molar-refractivity contribution in [3.8, 4) is 5.75 Å². The Bertz CT molecular complexity index is 541. The van der Waals surface area contributed by atoms with Gasteiger partial charge in [0.05, 0.1) is 13.0 Å². The Labute approximate surface area is 127 Å². The van der Waals surface area contributed by atoms with Gasteiger partial charge in [-0.15, -0.1) is 0 Å². The predicted octanol–water partition coefficient (Wildman–Crippen LogP) is 3.25. The van der Waals surface area contributed by atoms with Crippen molar-refractivity contribution in [2.24, 2.45) is 0 Å². The third kappa shape index (κ3) is 7.22. The van der Waals surface area contributed by atoms with Crippen LogP contribution in [0.5, 0.6) is 5.75 Å². The molecule has 0 amide bonds. The zero-order valence-electron chi connectivity index (χ0n) is 11.6. The number of hydrogen-bond donors (Lipinski definition) is 2. The number of aliphatic carboxylic acids is 1. The van der Waals surface area contributed by atoms with E-state index < -0.39 is 24.7 Å². The number of carboxylic acids is 1. The van der Waals surface area contributed by atoms with Gasteiger partial charge in [-0.3, -0.25) is 0 Å². The monoisotopic (exact) mass is 345 g/mol. The summed E-state index contributed by atoms with van der Waals surface area (Å²) in [4.78, 5) is 8.90. The number of ether oxygens (including phenoxy) is 1. The highest BCUT2D eigenvalue weighted by atomic mass is 19.4. The maximum absolute atomic E-state index is 11.9. The molecule has 0 bridgehead atoms. The molecule has 0 saturated heterocycles. The highest BCUT2D eigenvalue weighted by molar-refractivity contribution is 5.73. The molecule has 1 aliphatic rings. The van der Waals surface area contributed by atoms with Crippen molar-refractivity contribution in [3.63, 3.8) is 0 Å². The summed E-state index contributed by atoms with van der Waals surface area (Å²) in [7, 11) is 0. The molecule has 130 valence electrons. The molecule has 0 saturated carbocycles. The summed E-state index contributed by atoms with van der Waals surface area (Å²) < 4.78 is 72.5. The summed E-state index contributed by atoms with van der Waals surface area (Å²) >= 11 is 0. The average Bonchev–Trinajstić information content (AvgIpc) is 2.84. The van der Waals surface area contributed by atoms with Gasteiger partial charge in [-0.25, -0.2) is 4.79 Å². The minimum Gasteiger partial charge on any atom is -0.493 e. The first-order chi connectivity index (χ1) is 10.5. The fourth-order valence-corrected chi connectivity index (χ4v) is 1.65. The molecule has 0 unspecified atom stereocenters. The number of hydrogen-bond acceptors (Lipinski definition) is 3. The quantitative estimate of drug-likeness (QED) is 0.826. The fraction of sp³-hybridized carbons (Fsp3) is 0.462. The molecule has 0 aliphatic carbocycles. The van der Waals surface area contributed by atoms with Gasteiger partial charge < -0.3 is 15.2 Å². The first-order valence-corrected chi connectivity index (χ1v) is 6.31. The van der Waals surface area contributed by atoms with Gasteiger partial charge in [0.1, 0.15) is 5.75 Å². The number of halogens is 6. The second-order valence-electron chi connectivity index (χ2n) is 4.55. The van der Waals surface area contributed by atoms with E-state index in [1.807, 2.05) is 6.07 Å². The standard InChI is InChI=1S/C11H12F3NO.C2HF3O2/c12-11(13,14)3-4-16-10-2-1-8-6-15-7-9(8)5-10;3-2(4,5)1(6)7/h1-2,5,15H,3-4,6-7H2;(H,6,7). The van der Waals surface area contributed by atoms with E-state index in [-0.39, 0.29) is 6.61 Å². The van der Waals surface area contributed by atoms with Crippen molar-refractivity contribution < 1.29 is 41.0 Å². The Morgan fingerprint density at radius 2 is 1.70 bits per heavy atom. The van der Waals surface area contributed by atoms with E-state index in [0.717, 1.165) is 18.7 Å². The third-order valence-corrected chi connectivity index (χ3v) is 2.71. The highest BCUT2D eigenvalue weighted by Crippen LogP contribution is 2.23. The molecule has 0 radical (unpaired) electrons. The third-order valence-electron chi connectivity index (χ3n) is 2.71. The molecular formula is C13H13F6NO3. The number of carboxylic acid groups (broad SMARTS) is 1. The van der Waals surface area contributed by atoms with Gasteiger partial charge in [-0.05, 0) is 23.3 Å². The van der Waals surface area contributed by atoms with E-state index in [1.54, 1.807) is 12.1 Å². The summed E-state index contributed by atoms with van der Waals surface area (Å²) in [6, 6.07) is 5.40. The lowest BCUT2D eigenvalue weighted by atomic mass is 10.1. The van der Waals surface area contributed by atoms with Crippen molar-refractivity contribution in [1.82, 2.24) is 5.32 Å². The van der Waals surface area contributed by atoms with Gasteiger partial charge in [0.25, 0.3) is 0 Å². The maximum atomic E-state index is 11.9. The lowest BCUT2D eigenvalue weighted by molar-refractivity contribution is -0.192. The van der Waals surface area contributed by atoms with E-state index >= 15 is 0 Å². The first kappa shape index (κ1) is 19.1. The molecule has 0 spiro atoms. The van der Waals surface area contributed by atoms with E-state index in [1.165, 1.54) is 5.56 Å². The molecule has 1 aromatic carbocycles. The number of fused-ring (bicyclic) bond motifs is 1. The van der Waals surface area contributed by atoms with Gasteiger partial charge in [-0.1, -0.05) is 6.07 Å². The average molecular weight is 345 g/mol. The molecule has 1 aromatic rings. The molecule has 1 heterocycles. The number of carbonyl (C=O) groups is 1. The summed E-state index contributed by atoms with van der Waals surface area (Å²) in [5.41, 5.74) is 2.28. The Hall–Kier alpha value is -1.97. The van der Waals surface area contributed by atoms with E-state index in [0.29, 0.717) is 5.75 Å². The summed E-state index contributed by atoms with van der Waals surface area (Å²) in [6.07, 6.45) is -10.2. The maximum Gasteiger partial charge on any atom is 0.490 e. The Morgan fingerprint density at radius 1 is 1.13 bits per heavy atom. The lowest BCUT2D eigenvalue weighted by Crippen LogP contribution is -2.21. The van der Waals surface area contributed by atoms with Gasteiger partial charge >= 0.3 is 18.3 Å². The Kier molecular flexibility index (Phi) is 6.25. The first-order valence-electron chi connectivity index (χ1n) is 6.31. The number of benzene rings is 1. The normalized spacial score (nSPS) is 13.8. The zero-order chi connectivity index (χ0) is 17.7. The van der Waals surface area contributed by atoms with E-state index in [2.05, 4.69) is 5.32 Å². The second kappa shape index (κ2) is 7.53. The summed E-state index contributed by atoms with van der Waals surface area (Å²) in [5.74, 6) is -2.25. The van der Waals surface area contributed by atoms with Crippen LogP contribution in [-0.2, 0) is 17.9 Å². The summed E-state index contributed by atoms with van der Waals surface area (Å²) in [6.45, 7) is 1.25. The number of rotatable bonds is 3. The van der Waals surface area contributed by atoms with E-state index in [9.17, 15) is 26.3 Å². The minimum absolute atomic E-state index is 0.324. The van der Waals surface area contributed by atoms with Crippen LogP contribution in [0, 0.1) is 0 Å². The van der Waals surface area contributed by atoms with Crippen molar-refractivity contribution in [2.45, 2.75) is 31.9 Å². The Morgan fingerprint density at radius 3 is 2.22 bits per heavy atom. The number of alkyl halides is 6. The van der Waals surface area contributed by atoms with Crippen LogP contribution in [0.15, 0.2) is 18.2 Å².